The number of hydrogen-bond acceptors (Lipinski definition) is 2. The molecule has 0 amide bonds. The fourth-order valence-corrected chi connectivity index (χ4v) is 2.19. The molecule has 0 unspecified atom stereocenters. The second-order valence-corrected chi connectivity index (χ2v) is 4.82. The number of rotatable bonds is 8. The zero-order chi connectivity index (χ0) is 13.4. The lowest BCUT2D eigenvalue weighted by Crippen LogP contribution is -2.29. The van der Waals surface area contributed by atoms with Crippen LogP contribution in [0.15, 0.2) is 24.3 Å². The van der Waals surface area contributed by atoms with Crippen LogP contribution in [0.2, 0.25) is 0 Å². The van der Waals surface area contributed by atoms with Gasteiger partial charge in [-0.05, 0) is 49.8 Å². The Bertz CT molecular complexity index is 342. The van der Waals surface area contributed by atoms with Gasteiger partial charge in [-0.15, -0.1) is 0 Å². The third-order valence-electron chi connectivity index (χ3n) is 3.85. The van der Waals surface area contributed by atoms with E-state index in [-0.39, 0.29) is 11.2 Å². The van der Waals surface area contributed by atoms with Crippen molar-refractivity contribution in [2.75, 3.05) is 13.2 Å². The van der Waals surface area contributed by atoms with Gasteiger partial charge in [0.2, 0.25) is 0 Å². The second kappa shape index (κ2) is 7.37. The molecule has 0 atom stereocenters. The Morgan fingerprint density at radius 2 is 2.00 bits per heavy atom. The average Bonchev–Trinajstić information content (AvgIpc) is 2.40. The molecule has 0 saturated carbocycles. The molecule has 102 valence electrons. The Morgan fingerprint density at radius 1 is 1.28 bits per heavy atom. The van der Waals surface area contributed by atoms with Gasteiger partial charge in [-0.25, -0.2) is 4.39 Å². The molecule has 0 heterocycles. The third kappa shape index (κ3) is 4.30. The summed E-state index contributed by atoms with van der Waals surface area (Å²) in [5, 5.41) is 0. The first kappa shape index (κ1) is 15.0. The SMILES string of the molecule is CCC(CC)(CN)CCCOc1cccc(F)c1. The Kier molecular flexibility index (Phi) is 6.13. The molecule has 1 rings (SSSR count). The fourth-order valence-electron chi connectivity index (χ4n) is 2.19. The maximum Gasteiger partial charge on any atom is 0.126 e. The molecular weight excluding hydrogens is 229 g/mol. The summed E-state index contributed by atoms with van der Waals surface area (Å²) in [7, 11) is 0. The quantitative estimate of drug-likeness (QED) is 0.716. The molecule has 3 heteroatoms. The molecule has 0 bridgehead atoms. The normalized spacial score (nSPS) is 11.6. The molecule has 0 saturated heterocycles. The van der Waals surface area contributed by atoms with Crippen LogP contribution < -0.4 is 10.5 Å². The zero-order valence-corrected chi connectivity index (χ0v) is 11.4. The first-order valence-corrected chi connectivity index (χ1v) is 6.74. The summed E-state index contributed by atoms with van der Waals surface area (Å²) >= 11 is 0. The highest BCUT2D eigenvalue weighted by atomic mass is 19.1. The van der Waals surface area contributed by atoms with E-state index in [4.69, 9.17) is 10.5 Å². The summed E-state index contributed by atoms with van der Waals surface area (Å²) in [4.78, 5) is 0. The highest BCUT2D eigenvalue weighted by Gasteiger charge is 2.23. The standard InChI is InChI=1S/C15H24FNO/c1-3-15(4-2,12-17)9-6-10-18-14-8-5-7-13(16)11-14/h5,7-8,11H,3-4,6,9-10,12,17H2,1-2H3. The maximum absolute atomic E-state index is 12.9. The van der Waals surface area contributed by atoms with Crippen LogP contribution in [0.1, 0.15) is 39.5 Å². The topological polar surface area (TPSA) is 35.2 Å². The van der Waals surface area contributed by atoms with E-state index in [1.807, 2.05) is 0 Å². The molecular formula is C15H24FNO. The Hall–Kier alpha value is -1.09. The van der Waals surface area contributed by atoms with Gasteiger partial charge in [-0.1, -0.05) is 19.9 Å². The predicted molar refractivity (Wildman–Crippen MR) is 73.2 cm³/mol. The molecule has 0 aliphatic rings. The van der Waals surface area contributed by atoms with Gasteiger partial charge in [0.25, 0.3) is 0 Å². The Balaban J connectivity index is 2.34. The summed E-state index contributed by atoms with van der Waals surface area (Å²) in [5.41, 5.74) is 6.09. The molecule has 0 aliphatic heterocycles. The lowest BCUT2D eigenvalue weighted by atomic mass is 9.78. The number of hydrogen-bond donors (Lipinski definition) is 1. The van der Waals surface area contributed by atoms with Gasteiger partial charge in [0.1, 0.15) is 11.6 Å². The molecule has 0 radical (unpaired) electrons. The smallest absolute Gasteiger partial charge is 0.126 e. The molecule has 0 aliphatic carbocycles. The number of benzene rings is 1. The van der Waals surface area contributed by atoms with Gasteiger partial charge < -0.3 is 10.5 Å². The summed E-state index contributed by atoms with van der Waals surface area (Å²) < 4.78 is 18.5. The molecule has 2 nitrogen and oxygen atoms in total. The van der Waals surface area contributed by atoms with Crippen LogP contribution in [0.3, 0.4) is 0 Å². The van der Waals surface area contributed by atoms with Crippen molar-refractivity contribution in [1.29, 1.82) is 0 Å². The van der Waals surface area contributed by atoms with Crippen LogP contribution in [0, 0.1) is 11.2 Å². The second-order valence-electron chi connectivity index (χ2n) is 4.82. The largest absolute Gasteiger partial charge is 0.493 e. The summed E-state index contributed by atoms with van der Waals surface area (Å²) in [6.45, 7) is 5.71. The van der Waals surface area contributed by atoms with Crippen molar-refractivity contribution < 1.29 is 9.13 Å². The Labute approximate surface area is 109 Å². The van der Waals surface area contributed by atoms with Crippen LogP contribution in [0.5, 0.6) is 5.75 Å². The minimum Gasteiger partial charge on any atom is -0.493 e. The van der Waals surface area contributed by atoms with Gasteiger partial charge in [0.05, 0.1) is 6.61 Å². The molecule has 1 aromatic rings. The molecule has 0 fully saturated rings. The van der Waals surface area contributed by atoms with Crippen molar-refractivity contribution in [2.24, 2.45) is 11.1 Å². The third-order valence-corrected chi connectivity index (χ3v) is 3.85. The van der Waals surface area contributed by atoms with Gasteiger partial charge in [-0.3, -0.25) is 0 Å². The van der Waals surface area contributed by atoms with Crippen molar-refractivity contribution in [2.45, 2.75) is 39.5 Å². The van der Waals surface area contributed by atoms with Crippen LogP contribution in [0.25, 0.3) is 0 Å². The van der Waals surface area contributed by atoms with Crippen LogP contribution in [0.4, 0.5) is 4.39 Å². The molecule has 1 aromatic carbocycles. The van der Waals surface area contributed by atoms with E-state index < -0.39 is 0 Å². The van der Waals surface area contributed by atoms with Crippen molar-refractivity contribution >= 4 is 0 Å². The van der Waals surface area contributed by atoms with E-state index in [9.17, 15) is 4.39 Å². The lowest BCUT2D eigenvalue weighted by molar-refractivity contribution is 0.213. The lowest BCUT2D eigenvalue weighted by Gasteiger charge is -2.30. The monoisotopic (exact) mass is 253 g/mol. The minimum absolute atomic E-state index is 0.241. The van der Waals surface area contributed by atoms with Crippen molar-refractivity contribution in [3.63, 3.8) is 0 Å². The van der Waals surface area contributed by atoms with Gasteiger partial charge in [0.15, 0.2) is 0 Å². The van der Waals surface area contributed by atoms with E-state index in [1.165, 1.54) is 12.1 Å². The maximum atomic E-state index is 12.9. The number of halogens is 1. The number of ether oxygens (including phenoxy) is 1. The molecule has 2 N–H and O–H groups in total. The van der Waals surface area contributed by atoms with E-state index in [0.29, 0.717) is 12.4 Å². The van der Waals surface area contributed by atoms with E-state index in [2.05, 4.69) is 13.8 Å². The number of nitrogens with two attached hydrogens (primary N) is 1. The van der Waals surface area contributed by atoms with Gasteiger partial charge in [-0.2, -0.15) is 0 Å². The first-order chi connectivity index (χ1) is 8.65. The Morgan fingerprint density at radius 3 is 2.56 bits per heavy atom. The summed E-state index contributed by atoms with van der Waals surface area (Å²) in [6, 6.07) is 6.27. The van der Waals surface area contributed by atoms with Gasteiger partial charge in [0, 0.05) is 6.07 Å². The van der Waals surface area contributed by atoms with Crippen molar-refractivity contribution in [1.82, 2.24) is 0 Å². The van der Waals surface area contributed by atoms with E-state index in [1.54, 1.807) is 12.1 Å². The first-order valence-electron chi connectivity index (χ1n) is 6.74. The van der Waals surface area contributed by atoms with Crippen LogP contribution in [-0.4, -0.2) is 13.2 Å². The summed E-state index contributed by atoms with van der Waals surface area (Å²) in [5.74, 6) is 0.340. The van der Waals surface area contributed by atoms with Crippen molar-refractivity contribution in [3.05, 3.63) is 30.1 Å². The summed E-state index contributed by atoms with van der Waals surface area (Å²) in [6.07, 6.45) is 4.21. The molecule has 18 heavy (non-hydrogen) atoms. The van der Waals surface area contributed by atoms with Crippen LogP contribution in [-0.2, 0) is 0 Å². The minimum atomic E-state index is -0.258. The average molecular weight is 253 g/mol. The zero-order valence-electron chi connectivity index (χ0n) is 11.4. The molecule has 0 spiro atoms. The highest BCUT2D eigenvalue weighted by molar-refractivity contribution is 5.22. The fraction of sp³-hybridized carbons (Fsp3) is 0.600. The van der Waals surface area contributed by atoms with E-state index in [0.717, 1.165) is 32.2 Å². The van der Waals surface area contributed by atoms with Crippen molar-refractivity contribution in [3.8, 4) is 5.75 Å². The van der Waals surface area contributed by atoms with E-state index >= 15 is 0 Å². The molecule has 0 aromatic heterocycles. The predicted octanol–water partition coefficient (Wildman–Crippen LogP) is 3.75. The van der Waals surface area contributed by atoms with Gasteiger partial charge >= 0.3 is 0 Å². The van der Waals surface area contributed by atoms with Crippen LogP contribution >= 0.6 is 0 Å². The highest BCUT2D eigenvalue weighted by Crippen LogP contribution is 2.30.